The van der Waals surface area contributed by atoms with Crippen molar-refractivity contribution in [3.8, 4) is 0 Å². The summed E-state index contributed by atoms with van der Waals surface area (Å²) in [5.74, 6) is -1.03. The number of aliphatic carboxylic acids is 1. The Labute approximate surface area is 136 Å². The minimum absolute atomic E-state index is 0.0414. The van der Waals surface area contributed by atoms with Gasteiger partial charge in [-0.2, -0.15) is 0 Å². The second-order valence-electron chi connectivity index (χ2n) is 6.57. The molecule has 0 radical (unpaired) electrons. The first-order chi connectivity index (χ1) is 10.5. The largest absolute Gasteiger partial charge is 0.480 e. The second kappa shape index (κ2) is 7.98. The zero-order valence-corrected chi connectivity index (χ0v) is 14.0. The van der Waals surface area contributed by atoms with Crippen LogP contribution >= 0.6 is 0 Å². The van der Waals surface area contributed by atoms with Gasteiger partial charge in [-0.25, -0.2) is 0 Å². The lowest BCUT2D eigenvalue weighted by Crippen LogP contribution is -2.66. The lowest BCUT2D eigenvalue weighted by atomic mass is 9.95. The van der Waals surface area contributed by atoms with Crippen molar-refractivity contribution in [1.29, 1.82) is 0 Å². The third-order valence-electron chi connectivity index (χ3n) is 4.09. The van der Waals surface area contributed by atoms with E-state index >= 15 is 0 Å². The Morgan fingerprint density at radius 2 is 1.78 bits per heavy atom. The van der Waals surface area contributed by atoms with Crippen LogP contribution in [0.3, 0.4) is 0 Å². The number of carboxylic acids is 1. The van der Waals surface area contributed by atoms with E-state index in [4.69, 9.17) is 5.11 Å². The molecule has 0 aromatic heterocycles. The molecule has 1 unspecified atom stereocenters. The molecule has 0 spiro atoms. The number of Topliss-reactive ketones (excluding diaryl/α,β-unsaturated/α-hetero) is 1. The van der Waals surface area contributed by atoms with Gasteiger partial charge in [-0.3, -0.25) is 24.3 Å². The predicted octanol–water partition coefficient (Wildman–Crippen LogP) is -1.21. The van der Waals surface area contributed by atoms with Crippen LogP contribution in [0.2, 0.25) is 0 Å². The lowest BCUT2D eigenvalue weighted by molar-refractivity contribution is -0.142. The summed E-state index contributed by atoms with van der Waals surface area (Å²) in [5, 5.41) is 27.4. The standard InChI is InChI=1S/C15H27N3O5/c1-11(2)12(19)5-17-8-15(3,16(4)6-13(20)21)9-18(10-17)7-14(22)23/h13,20-21H,1,5-10H2,2-4H3,(H,22,23). The van der Waals surface area contributed by atoms with E-state index in [1.54, 1.807) is 23.8 Å². The van der Waals surface area contributed by atoms with Gasteiger partial charge in [0.1, 0.15) is 0 Å². The number of carbonyl (C=O) groups is 2. The highest BCUT2D eigenvalue weighted by Crippen LogP contribution is 2.22. The maximum Gasteiger partial charge on any atom is 0.317 e. The van der Waals surface area contributed by atoms with Crippen LogP contribution in [0.15, 0.2) is 12.2 Å². The van der Waals surface area contributed by atoms with Crippen LogP contribution in [0, 0.1) is 0 Å². The number of nitrogens with zero attached hydrogens (tertiary/aromatic N) is 3. The molecule has 8 nitrogen and oxygen atoms in total. The topological polar surface area (TPSA) is 105 Å². The molecule has 0 aliphatic carbocycles. The molecule has 0 bridgehead atoms. The molecule has 3 N–H and O–H groups in total. The average Bonchev–Trinajstić information content (AvgIpc) is 2.35. The number of hydrogen-bond acceptors (Lipinski definition) is 7. The first kappa shape index (κ1) is 19.7. The highest BCUT2D eigenvalue weighted by atomic mass is 16.5. The molecule has 1 aliphatic heterocycles. The Morgan fingerprint density at radius 3 is 2.22 bits per heavy atom. The van der Waals surface area contributed by atoms with E-state index in [0.29, 0.717) is 25.3 Å². The van der Waals surface area contributed by atoms with Gasteiger partial charge in [-0.15, -0.1) is 0 Å². The Morgan fingerprint density at radius 1 is 1.26 bits per heavy atom. The van der Waals surface area contributed by atoms with E-state index in [-0.39, 0.29) is 25.4 Å². The number of aliphatic hydroxyl groups is 2. The summed E-state index contributed by atoms with van der Waals surface area (Å²) in [4.78, 5) is 28.3. The molecule has 0 aromatic rings. The van der Waals surface area contributed by atoms with Gasteiger partial charge in [0.15, 0.2) is 12.1 Å². The van der Waals surface area contributed by atoms with Crippen LogP contribution in [-0.2, 0) is 9.59 Å². The van der Waals surface area contributed by atoms with Gasteiger partial charge in [-0.1, -0.05) is 6.58 Å². The van der Waals surface area contributed by atoms with Gasteiger partial charge in [0.05, 0.1) is 19.8 Å². The summed E-state index contributed by atoms with van der Waals surface area (Å²) in [6.45, 7) is 8.62. The third-order valence-corrected chi connectivity index (χ3v) is 4.09. The van der Waals surface area contributed by atoms with Crippen molar-refractivity contribution in [2.75, 3.05) is 46.4 Å². The van der Waals surface area contributed by atoms with E-state index in [2.05, 4.69) is 6.58 Å². The molecule has 132 valence electrons. The maximum atomic E-state index is 11.9. The molecule has 1 saturated heterocycles. The first-order valence-corrected chi connectivity index (χ1v) is 7.46. The normalized spacial score (nSPS) is 23.4. The first-order valence-electron chi connectivity index (χ1n) is 7.46. The SMILES string of the molecule is C=C(C)C(=O)CN1CN(CC(=O)O)CC(C)(N(C)CC(O)O)C1. The quantitative estimate of drug-likeness (QED) is 0.376. The molecule has 1 fully saturated rings. The van der Waals surface area contributed by atoms with E-state index in [1.165, 1.54) is 0 Å². The molecule has 1 aliphatic rings. The number of carbonyl (C=O) groups excluding carboxylic acids is 1. The summed E-state index contributed by atoms with van der Waals surface area (Å²) >= 11 is 0. The Balaban J connectivity index is 2.90. The highest BCUT2D eigenvalue weighted by molar-refractivity contribution is 5.95. The van der Waals surface area contributed by atoms with Crippen LogP contribution < -0.4 is 0 Å². The van der Waals surface area contributed by atoms with E-state index < -0.39 is 17.8 Å². The fraction of sp³-hybridized carbons (Fsp3) is 0.733. The number of ketones is 1. The Hall–Kier alpha value is -1.32. The van der Waals surface area contributed by atoms with Crippen molar-refractivity contribution in [2.45, 2.75) is 25.7 Å². The fourth-order valence-electron chi connectivity index (χ4n) is 2.84. The van der Waals surface area contributed by atoms with Crippen LogP contribution in [0.1, 0.15) is 13.8 Å². The van der Waals surface area contributed by atoms with Crippen molar-refractivity contribution in [2.24, 2.45) is 0 Å². The number of aliphatic hydroxyl groups excluding tert-OH is 1. The molecule has 0 saturated carbocycles. The van der Waals surface area contributed by atoms with Crippen molar-refractivity contribution in [3.05, 3.63) is 12.2 Å². The molecule has 1 heterocycles. The average molecular weight is 329 g/mol. The summed E-state index contributed by atoms with van der Waals surface area (Å²) < 4.78 is 0. The summed E-state index contributed by atoms with van der Waals surface area (Å²) in [5.41, 5.74) is -0.0477. The van der Waals surface area contributed by atoms with Crippen molar-refractivity contribution in [1.82, 2.24) is 14.7 Å². The lowest BCUT2D eigenvalue weighted by Gasteiger charge is -2.50. The number of β-amino-alcohol motifs (C(OH)–C–C–N with tert-alkyl or cyclic N) is 2. The Bertz CT molecular complexity index is 468. The van der Waals surface area contributed by atoms with Gasteiger partial charge in [0, 0.05) is 25.2 Å². The van der Waals surface area contributed by atoms with Crippen molar-refractivity contribution in [3.63, 3.8) is 0 Å². The minimum Gasteiger partial charge on any atom is -0.480 e. The molecule has 1 rings (SSSR count). The minimum atomic E-state index is -1.47. The van der Waals surface area contributed by atoms with Gasteiger partial charge >= 0.3 is 5.97 Å². The smallest absolute Gasteiger partial charge is 0.317 e. The zero-order chi connectivity index (χ0) is 17.8. The molecule has 8 heteroatoms. The summed E-state index contributed by atoms with van der Waals surface area (Å²) in [6, 6.07) is 0. The van der Waals surface area contributed by atoms with Crippen LogP contribution in [0.25, 0.3) is 0 Å². The van der Waals surface area contributed by atoms with Crippen LogP contribution in [0.5, 0.6) is 0 Å². The van der Waals surface area contributed by atoms with Gasteiger partial charge in [0.2, 0.25) is 0 Å². The van der Waals surface area contributed by atoms with Gasteiger partial charge in [-0.05, 0) is 26.5 Å². The van der Waals surface area contributed by atoms with Gasteiger partial charge in [0.25, 0.3) is 0 Å². The second-order valence-corrected chi connectivity index (χ2v) is 6.57. The van der Waals surface area contributed by atoms with E-state index in [9.17, 15) is 19.8 Å². The van der Waals surface area contributed by atoms with Crippen molar-refractivity contribution < 1.29 is 24.9 Å². The monoisotopic (exact) mass is 329 g/mol. The molecule has 0 aromatic carbocycles. The fourth-order valence-corrected chi connectivity index (χ4v) is 2.84. The summed E-state index contributed by atoms with van der Waals surface area (Å²) in [6.07, 6.45) is -1.47. The highest BCUT2D eigenvalue weighted by Gasteiger charge is 2.39. The van der Waals surface area contributed by atoms with Crippen LogP contribution in [0.4, 0.5) is 0 Å². The molecule has 23 heavy (non-hydrogen) atoms. The molecular weight excluding hydrogens is 302 g/mol. The van der Waals surface area contributed by atoms with Gasteiger partial charge < -0.3 is 15.3 Å². The van der Waals surface area contributed by atoms with E-state index in [1.807, 2.05) is 11.8 Å². The van der Waals surface area contributed by atoms with Crippen molar-refractivity contribution >= 4 is 11.8 Å². The number of hydrogen-bond donors (Lipinski definition) is 3. The maximum absolute atomic E-state index is 11.9. The number of likely N-dealkylation sites (N-methyl/N-ethyl adjacent to an activating group) is 1. The molecule has 0 amide bonds. The number of carboxylic acid groups (broad SMARTS) is 1. The molecular formula is C15H27N3O5. The molecule has 1 atom stereocenters. The third kappa shape index (κ3) is 6.00. The van der Waals surface area contributed by atoms with Crippen LogP contribution in [-0.4, -0.2) is 100 Å². The number of rotatable bonds is 8. The van der Waals surface area contributed by atoms with E-state index in [0.717, 1.165) is 0 Å². The zero-order valence-electron chi connectivity index (χ0n) is 14.0. The summed E-state index contributed by atoms with van der Waals surface area (Å²) in [7, 11) is 1.75. The Kier molecular flexibility index (Phi) is 6.84. The predicted molar refractivity (Wildman–Crippen MR) is 84.7 cm³/mol.